The molecule has 102 valence electrons. The zero-order valence-corrected chi connectivity index (χ0v) is 12.6. The van der Waals surface area contributed by atoms with Gasteiger partial charge in [-0.25, -0.2) is 4.98 Å². The first-order valence-electron chi connectivity index (χ1n) is 6.25. The van der Waals surface area contributed by atoms with Crippen LogP contribution in [0.25, 0.3) is 0 Å². The van der Waals surface area contributed by atoms with Crippen molar-refractivity contribution in [3.8, 4) is 0 Å². The number of benzene rings is 1. The highest BCUT2D eigenvalue weighted by atomic mass is 35.5. The Morgan fingerprint density at radius 1 is 1.42 bits per heavy atom. The van der Waals surface area contributed by atoms with Crippen LogP contribution < -0.4 is 5.32 Å². The van der Waals surface area contributed by atoms with Crippen molar-refractivity contribution < 1.29 is 0 Å². The van der Waals surface area contributed by atoms with Crippen LogP contribution in [0.5, 0.6) is 0 Å². The second-order valence-electron chi connectivity index (χ2n) is 4.23. The molecule has 0 spiro atoms. The highest BCUT2D eigenvalue weighted by Crippen LogP contribution is 2.30. The van der Waals surface area contributed by atoms with Crippen LogP contribution in [0.2, 0.25) is 5.02 Å². The second kappa shape index (κ2) is 6.93. The molecular formula is C13H17ClN4S. The van der Waals surface area contributed by atoms with Gasteiger partial charge in [-0.2, -0.15) is 0 Å². The molecule has 1 heterocycles. The summed E-state index contributed by atoms with van der Waals surface area (Å²) in [5.74, 6) is 0.815. The predicted octanol–water partition coefficient (Wildman–Crippen LogP) is 3.42. The highest BCUT2D eigenvalue weighted by molar-refractivity contribution is 7.99. The van der Waals surface area contributed by atoms with Crippen molar-refractivity contribution >= 4 is 23.4 Å². The molecule has 0 aliphatic rings. The second-order valence-corrected chi connectivity index (χ2v) is 5.68. The summed E-state index contributed by atoms with van der Waals surface area (Å²) in [4.78, 5) is 5.40. The molecule has 6 heteroatoms. The summed E-state index contributed by atoms with van der Waals surface area (Å²) in [5, 5.41) is 11.8. The summed E-state index contributed by atoms with van der Waals surface area (Å²) >= 11 is 7.60. The van der Waals surface area contributed by atoms with Gasteiger partial charge in [0.15, 0.2) is 0 Å². The molecule has 0 unspecified atom stereocenters. The lowest BCUT2D eigenvalue weighted by atomic mass is 10.2. The molecule has 0 saturated heterocycles. The summed E-state index contributed by atoms with van der Waals surface area (Å²) < 4.78 is 0. The standard InChI is InChI=1S/C13H17ClN4S/c1-3-6-15-8-10-4-5-11(14)7-12(10)19-13-16-9(2)17-18-13/h4-5,7,15H,3,6,8H2,1-2H3,(H,16,17,18). The van der Waals surface area contributed by atoms with Gasteiger partial charge in [-0.3, -0.25) is 5.10 Å². The first kappa shape index (κ1) is 14.4. The molecule has 4 nitrogen and oxygen atoms in total. The molecule has 1 aromatic carbocycles. The number of H-pyrrole nitrogens is 1. The SMILES string of the molecule is CCCNCc1ccc(Cl)cc1Sc1n[nH]c(C)n1. The average Bonchev–Trinajstić information content (AvgIpc) is 2.78. The summed E-state index contributed by atoms with van der Waals surface area (Å²) in [7, 11) is 0. The molecule has 0 amide bonds. The molecule has 0 fully saturated rings. The first-order chi connectivity index (χ1) is 9.19. The Balaban J connectivity index is 2.14. The van der Waals surface area contributed by atoms with Crippen LogP contribution in [0.4, 0.5) is 0 Å². The van der Waals surface area contributed by atoms with E-state index in [-0.39, 0.29) is 0 Å². The number of nitrogens with zero attached hydrogens (tertiary/aromatic N) is 2. The zero-order valence-electron chi connectivity index (χ0n) is 11.0. The molecular weight excluding hydrogens is 280 g/mol. The fourth-order valence-electron chi connectivity index (χ4n) is 1.64. The van der Waals surface area contributed by atoms with E-state index in [4.69, 9.17) is 11.6 Å². The van der Waals surface area contributed by atoms with Crippen molar-refractivity contribution in [3.63, 3.8) is 0 Å². The number of hydrogen-bond acceptors (Lipinski definition) is 4. The molecule has 2 aromatic rings. The lowest BCUT2D eigenvalue weighted by Crippen LogP contribution is -2.14. The number of nitrogens with one attached hydrogen (secondary N) is 2. The highest BCUT2D eigenvalue weighted by Gasteiger charge is 2.08. The molecule has 19 heavy (non-hydrogen) atoms. The van der Waals surface area contributed by atoms with Gasteiger partial charge in [-0.15, -0.1) is 5.10 Å². The fourth-order valence-corrected chi connectivity index (χ4v) is 2.80. The topological polar surface area (TPSA) is 53.6 Å². The van der Waals surface area contributed by atoms with Gasteiger partial charge in [0.2, 0.25) is 5.16 Å². The van der Waals surface area contributed by atoms with Gasteiger partial charge in [-0.05, 0) is 49.3 Å². The number of aromatic nitrogens is 3. The van der Waals surface area contributed by atoms with E-state index in [1.807, 2.05) is 25.1 Å². The van der Waals surface area contributed by atoms with E-state index in [1.54, 1.807) is 0 Å². The van der Waals surface area contributed by atoms with Crippen LogP contribution in [0, 0.1) is 6.92 Å². The third kappa shape index (κ3) is 4.23. The molecule has 0 aliphatic carbocycles. The van der Waals surface area contributed by atoms with Crippen LogP contribution in [0.1, 0.15) is 24.7 Å². The normalized spacial score (nSPS) is 10.9. The molecule has 2 N–H and O–H groups in total. The molecule has 0 saturated carbocycles. The summed E-state index contributed by atoms with van der Waals surface area (Å²) in [6.45, 7) is 5.88. The predicted molar refractivity (Wildman–Crippen MR) is 78.7 cm³/mol. The number of halogens is 1. The van der Waals surface area contributed by atoms with Crippen LogP contribution in [-0.2, 0) is 6.54 Å². The van der Waals surface area contributed by atoms with Crippen LogP contribution in [0.3, 0.4) is 0 Å². The van der Waals surface area contributed by atoms with E-state index in [1.165, 1.54) is 17.3 Å². The summed E-state index contributed by atoms with van der Waals surface area (Å²) in [6.07, 6.45) is 1.12. The molecule has 0 radical (unpaired) electrons. The number of aromatic amines is 1. The third-order valence-electron chi connectivity index (χ3n) is 2.55. The largest absolute Gasteiger partial charge is 0.313 e. The van der Waals surface area contributed by atoms with Crippen molar-refractivity contribution in [2.75, 3.05) is 6.54 Å². The average molecular weight is 297 g/mol. The van der Waals surface area contributed by atoms with Crippen LogP contribution in [-0.4, -0.2) is 21.7 Å². The number of aryl methyl sites for hydroxylation is 1. The Bertz CT molecular complexity index is 541. The quantitative estimate of drug-likeness (QED) is 0.802. The molecule has 0 bridgehead atoms. The van der Waals surface area contributed by atoms with E-state index in [0.29, 0.717) is 0 Å². The Labute approximate surface area is 122 Å². The van der Waals surface area contributed by atoms with E-state index < -0.39 is 0 Å². The van der Waals surface area contributed by atoms with Crippen molar-refractivity contribution in [2.24, 2.45) is 0 Å². The zero-order chi connectivity index (χ0) is 13.7. The maximum atomic E-state index is 6.07. The van der Waals surface area contributed by atoms with E-state index in [2.05, 4.69) is 27.4 Å². The maximum absolute atomic E-state index is 6.07. The smallest absolute Gasteiger partial charge is 0.213 e. The van der Waals surface area contributed by atoms with Gasteiger partial charge >= 0.3 is 0 Å². The fraction of sp³-hybridized carbons (Fsp3) is 0.385. The Kier molecular flexibility index (Phi) is 5.24. The van der Waals surface area contributed by atoms with Crippen molar-refractivity contribution in [2.45, 2.75) is 36.9 Å². The number of hydrogen-bond donors (Lipinski definition) is 2. The lowest BCUT2D eigenvalue weighted by Gasteiger charge is -2.09. The molecule has 0 aliphatic heterocycles. The summed E-state index contributed by atoms with van der Waals surface area (Å²) in [6, 6.07) is 5.92. The van der Waals surface area contributed by atoms with Gasteiger partial charge < -0.3 is 5.32 Å². The van der Waals surface area contributed by atoms with Gasteiger partial charge in [0.1, 0.15) is 5.82 Å². The minimum absolute atomic E-state index is 0.719. The summed E-state index contributed by atoms with van der Waals surface area (Å²) in [5.41, 5.74) is 1.21. The van der Waals surface area contributed by atoms with Crippen molar-refractivity contribution in [1.82, 2.24) is 20.5 Å². The third-order valence-corrected chi connectivity index (χ3v) is 3.75. The number of rotatable bonds is 6. The van der Waals surface area contributed by atoms with Gasteiger partial charge in [0.25, 0.3) is 0 Å². The molecule has 2 rings (SSSR count). The van der Waals surface area contributed by atoms with Gasteiger partial charge in [0, 0.05) is 16.5 Å². The Morgan fingerprint density at radius 2 is 2.26 bits per heavy atom. The van der Waals surface area contributed by atoms with Crippen LogP contribution >= 0.6 is 23.4 Å². The van der Waals surface area contributed by atoms with E-state index in [0.717, 1.165) is 40.4 Å². The minimum atomic E-state index is 0.719. The van der Waals surface area contributed by atoms with E-state index in [9.17, 15) is 0 Å². The minimum Gasteiger partial charge on any atom is -0.313 e. The van der Waals surface area contributed by atoms with Crippen molar-refractivity contribution in [1.29, 1.82) is 0 Å². The Morgan fingerprint density at radius 3 is 2.95 bits per heavy atom. The van der Waals surface area contributed by atoms with Crippen LogP contribution in [0.15, 0.2) is 28.3 Å². The maximum Gasteiger partial charge on any atom is 0.213 e. The molecule has 0 atom stereocenters. The van der Waals surface area contributed by atoms with Gasteiger partial charge in [0.05, 0.1) is 0 Å². The first-order valence-corrected chi connectivity index (χ1v) is 7.44. The monoisotopic (exact) mass is 296 g/mol. The van der Waals surface area contributed by atoms with Gasteiger partial charge in [-0.1, -0.05) is 24.6 Å². The lowest BCUT2D eigenvalue weighted by molar-refractivity contribution is 0.669. The Hall–Kier alpha value is -1.04. The van der Waals surface area contributed by atoms with Crippen molar-refractivity contribution in [3.05, 3.63) is 34.6 Å². The molecule has 1 aromatic heterocycles. The van der Waals surface area contributed by atoms with E-state index >= 15 is 0 Å².